The number of carbonyl (C=O) groups excluding carboxylic acids is 1. The minimum Gasteiger partial charge on any atom is -0.491 e. The van der Waals surface area contributed by atoms with Gasteiger partial charge in [0.1, 0.15) is 12.4 Å². The van der Waals surface area contributed by atoms with Crippen LogP contribution in [0.4, 0.5) is 0 Å². The maximum Gasteiger partial charge on any atom is 0.251 e. The number of hydrogen-bond acceptors (Lipinski definition) is 4. The minimum absolute atomic E-state index is 0.0302. The third-order valence-corrected chi connectivity index (χ3v) is 5.75. The molecular formula is C24H30N2O3. The van der Waals surface area contributed by atoms with Crippen LogP contribution < -0.4 is 10.1 Å². The zero-order valence-electron chi connectivity index (χ0n) is 16.9. The fourth-order valence-corrected chi connectivity index (χ4v) is 4.01. The quantitative estimate of drug-likeness (QED) is 0.779. The molecule has 1 amide bonds. The SMILES string of the molecule is O=C(NC1CCN(Cc2ccc(OCC3CCCO3)cc2)CC1)c1ccccc1. The highest BCUT2D eigenvalue weighted by atomic mass is 16.5. The van der Waals surface area contributed by atoms with Gasteiger partial charge in [-0.2, -0.15) is 0 Å². The van der Waals surface area contributed by atoms with Gasteiger partial charge in [0.2, 0.25) is 0 Å². The number of carbonyl (C=O) groups is 1. The number of benzene rings is 2. The Bertz CT molecular complexity index is 764. The Kier molecular flexibility index (Phi) is 6.80. The minimum atomic E-state index is 0.0302. The Labute approximate surface area is 173 Å². The van der Waals surface area contributed by atoms with Gasteiger partial charge in [-0.15, -0.1) is 0 Å². The maximum absolute atomic E-state index is 12.3. The van der Waals surface area contributed by atoms with Crippen LogP contribution in [0, 0.1) is 0 Å². The van der Waals surface area contributed by atoms with Crippen molar-refractivity contribution >= 4 is 5.91 Å². The van der Waals surface area contributed by atoms with Crippen LogP contribution in [0.1, 0.15) is 41.6 Å². The summed E-state index contributed by atoms with van der Waals surface area (Å²) in [6, 6.07) is 18.1. The third-order valence-electron chi connectivity index (χ3n) is 5.75. The predicted octanol–water partition coefficient (Wildman–Crippen LogP) is 3.64. The molecule has 29 heavy (non-hydrogen) atoms. The van der Waals surface area contributed by atoms with E-state index < -0.39 is 0 Å². The van der Waals surface area contributed by atoms with Crippen LogP contribution in [-0.4, -0.2) is 49.3 Å². The standard InChI is InChI=1S/C24H30N2O3/c27-24(20-5-2-1-3-6-20)25-21-12-14-26(15-13-21)17-19-8-10-22(11-9-19)29-18-23-7-4-16-28-23/h1-3,5-6,8-11,21,23H,4,7,12-18H2,(H,25,27). The highest BCUT2D eigenvalue weighted by molar-refractivity contribution is 5.94. The summed E-state index contributed by atoms with van der Waals surface area (Å²) < 4.78 is 11.4. The number of piperidine rings is 1. The molecule has 2 aromatic carbocycles. The second kappa shape index (κ2) is 9.90. The van der Waals surface area contributed by atoms with Gasteiger partial charge < -0.3 is 14.8 Å². The zero-order valence-corrected chi connectivity index (χ0v) is 16.9. The largest absolute Gasteiger partial charge is 0.491 e. The van der Waals surface area contributed by atoms with Gasteiger partial charge in [-0.3, -0.25) is 9.69 Å². The summed E-state index contributed by atoms with van der Waals surface area (Å²) in [6.45, 7) is 4.43. The zero-order chi connectivity index (χ0) is 19.9. The van der Waals surface area contributed by atoms with Crippen LogP contribution in [-0.2, 0) is 11.3 Å². The van der Waals surface area contributed by atoms with Crippen LogP contribution in [0.25, 0.3) is 0 Å². The number of rotatable bonds is 7. The van der Waals surface area contributed by atoms with Crippen molar-refractivity contribution in [3.05, 3.63) is 65.7 Å². The molecule has 1 N–H and O–H groups in total. The van der Waals surface area contributed by atoms with E-state index in [2.05, 4.69) is 34.5 Å². The molecule has 2 aromatic rings. The smallest absolute Gasteiger partial charge is 0.251 e. The molecule has 5 heteroatoms. The average Bonchev–Trinajstić information content (AvgIpc) is 3.29. The molecule has 4 rings (SSSR count). The molecule has 1 unspecified atom stereocenters. The van der Waals surface area contributed by atoms with Crippen molar-refractivity contribution < 1.29 is 14.3 Å². The predicted molar refractivity (Wildman–Crippen MR) is 113 cm³/mol. The van der Waals surface area contributed by atoms with Crippen molar-refractivity contribution in [3.63, 3.8) is 0 Å². The van der Waals surface area contributed by atoms with Crippen molar-refractivity contribution in [2.75, 3.05) is 26.3 Å². The van der Waals surface area contributed by atoms with E-state index in [1.165, 1.54) is 5.56 Å². The van der Waals surface area contributed by atoms with Gasteiger partial charge in [0.25, 0.3) is 5.91 Å². The Balaban J connectivity index is 1.19. The van der Waals surface area contributed by atoms with Gasteiger partial charge in [-0.25, -0.2) is 0 Å². The van der Waals surface area contributed by atoms with E-state index in [9.17, 15) is 4.79 Å². The maximum atomic E-state index is 12.3. The lowest BCUT2D eigenvalue weighted by atomic mass is 10.0. The van der Waals surface area contributed by atoms with Crippen LogP contribution >= 0.6 is 0 Å². The van der Waals surface area contributed by atoms with Crippen molar-refractivity contribution in [1.82, 2.24) is 10.2 Å². The Morgan fingerprint density at radius 3 is 2.48 bits per heavy atom. The van der Waals surface area contributed by atoms with E-state index in [1.54, 1.807) is 0 Å². The molecule has 2 aliphatic heterocycles. The van der Waals surface area contributed by atoms with Crippen molar-refractivity contribution in [1.29, 1.82) is 0 Å². The molecule has 154 valence electrons. The van der Waals surface area contributed by atoms with Crippen molar-refractivity contribution in [2.45, 2.75) is 44.4 Å². The molecular weight excluding hydrogens is 364 g/mol. The summed E-state index contributed by atoms with van der Waals surface area (Å²) in [5.41, 5.74) is 2.03. The van der Waals surface area contributed by atoms with E-state index in [-0.39, 0.29) is 18.1 Å². The van der Waals surface area contributed by atoms with Crippen molar-refractivity contribution in [3.8, 4) is 5.75 Å². The molecule has 0 radical (unpaired) electrons. The van der Waals surface area contributed by atoms with Gasteiger partial charge in [-0.05, 0) is 55.5 Å². The highest BCUT2D eigenvalue weighted by Crippen LogP contribution is 2.19. The van der Waals surface area contributed by atoms with E-state index in [4.69, 9.17) is 9.47 Å². The fourth-order valence-electron chi connectivity index (χ4n) is 4.01. The molecule has 2 aliphatic rings. The topological polar surface area (TPSA) is 50.8 Å². The van der Waals surface area contributed by atoms with Gasteiger partial charge in [0, 0.05) is 37.8 Å². The van der Waals surface area contributed by atoms with Crippen LogP contribution in [0.15, 0.2) is 54.6 Å². The first-order valence-electron chi connectivity index (χ1n) is 10.7. The fraction of sp³-hybridized carbons (Fsp3) is 0.458. The van der Waals surface area contributed by atoms with Gasteiger partial charge in [0.05, 0.1) is 6.10 Å². The Hall–Kier alpha value is -2.37. The number of hydrogen-bond donors (Lipinski definition) is 1. The Morgan fingerprint density at radius 2 is 1.79 bits per heavy atom. The highest BCUT2D eigenvalue weighted by Gasteiger charge is 2.21. The summed E-state index contributed by atoms with van der Waals surface area (Å²) in [7, 11) is 0. The lowest BCUT2D eigenvalue weighted by molar-refractivity contribution is 0.0679. The first-order chi connectivity index (χ1) is 14.3. The summed E-state index contributed by atoms with van der Waals surface area (Å²) in [6.07, 6.45) is 4.46. The molecule has 0 aliphatic carbocycles. The molecule has 2 heterocycles. The summed E-state index contributed by atoms with van der Waals surface area (Å²) in [5, 5.41) is 3.17. The van der Waals surface area contributed by atoms with Crippen LogP contribution in [0.3, 0.4) is 0 Å². The normalized spacial score (nSPS) is 20.5. The summed E-state index contributed by atoms with van der Waals surface area (Å²) >= 11 is 0. The Morgan fingerprint density at radius 1 is 1.03 bits per heavy atom. The van der Waals surface area contributed by atoms with Crippen molar-refractivity contribution in [2.24, 2.45) is 0 Å². The second-order valence-electron chi connectivity index (χ2n) is 7.98. The molecule has 5 nitrogen and oxygen atoms in total. The monoisotopic (exact) mass is 394 g/mol. The van der Waals surface area contributed by atoms with Gasteiger partial charge in [0.15, 0.2) is 0 Å². The number of nitrogens with one attached hydrogen (secondary N) is 1. The number of nitrogens with zero attached hydrogens (tertiary/aromatic N) is 1. The van der Waals surface area contributed by atoms with E-state index >= 15 is 0 Å². The first kappa shape index (κ1) is 19.9. The molecule has 0 bridgehead atoms. The molecule has 0 aromatic heterocycles. The lowest BCUT2D eigenvalue weighted by Gasteiger charge is -2.32. The second-order valence-corrected chi connectivity index (χ2v) is 7.98. The van der Waals surface area contributed by atoms with Crippen LogP contribution in [0.2, 0.25) is 0 Å². The number of ether oxygens (including phenoxy) is 2. The van der Waals surface area contributed by atoms with E-state index in [0.717, 1.165) is 63.2 Å². The van der Waals surface area contributed by atoms with Gasteiger partial charge >= 0.3 is 0 Å². The van der Waals surface area contributed by atoms with Crippen LogP contribution in [0.5, 0.6) is 5.75 Å². The molecule has 2 saturated heterocycles. The van der Waals surface area contributed by atoms with Gasteiger partial charge in [-0.1, -0.05) is 30.3 Å². The average molecular weight is 395 g/mol. The number of likely N-dealkylation sites (tertiary alicyclic amines) is 1. The lowest BCUT2D eigenvalue weighted by Crippen LogP contribution is -2.44. The first-order valence-corrected chi connectivity index (χ1v) is 10.7. The number of amides is 1. The molecule has 0 saturated carbocycles. The summed E-state index contributed by atoms with van der Waals surface area (Å²) in [4.78, 5) is 14.8. The van der Waals surface area contributed by atoms with E-state index in [1.807, 2.05) is 30.3 Å². The molecule has 2 fully saturated rings. The third kappa shape index (κ3) is 5.81. The van der Waals surface area contributed by atoms with E-state index in [0.29, 0.717) is 6.61 Å². The molecule has 1 atom stereocenters. The molecule has 0 spiro atoms. The summed E-state index contributed by atoms with van der Waals surface area (Å²) in [5.74, 6) is 0.939.